The van der Waals surface area contributed by atoms with Crippen LogP contribution in [0.3, 0.4) is 0 Å². The van der Waals surface area contributed by atoms with Crippen LogP contribution in [-0.4, -0.2) is 30.0 Å². The summed E-state index contributed by atoms with van der Waals surface area (Å²) in [5, 5.41) is 2.77. The van der Waals surface area contributed by atoms with Crippen LogP contribution < -0.4 is 10.2 Å². The van der Waals surface area contributed by atoms with Gasteiger partial charge in [-0.3, -0.25) is 9.78 Å². The maximum absolute atomic E-state index is 12.8. The van der Waals surface area contributed by atoms with E-state index in [0.717, 1.165) is 24.4 Å². The average molecular weight is 417 g/mol. The van der Waals surface area contributed by atoms with Crippen LogP contribution in [0.1, 0.15) is 23.1 Å². The molecule has 1 unspecified atom stereocenters. The number of aromatic nitrogens is 1. The molecule has 10 heteroatoms. The van der Waals surface area contributed by atoms with E-state index < -0.39 is 23.5 Å². The van der Waals surface area contributed by atoms with Gasteiger partial charge in [0.1, 0.15) is 0 Å². The molecule has 156 valence electrons. The van der Waals surface area contributed by atoms with E-state index in [1.54, 1.807) is 4.90 Å². The monoisotopic (exact) mass is 417 g/mol. The van der Waals surface area contributed by atoms with Crippen molar-refractivity contribution in [2.75, 3.05) is 18.0 Å². The molecule has 1 aromatic heterocycles. The van der Waals surface area contributed by atoms with Gasteiger partial charge in [0.05, 0.1) is 29.4 Å². The SMILES string of the molecule is O=C(Cc1ccc(C(F)(F)F)cc1)NC1CCN(c2cncc(C(F)(F)F)c2)C1. The third-order valence-electron chi connectivity index (χ3n) is 4.62. The lowest BCUT2D eigenvalue weighted by Gasteiger charge is -2.20. The molecular weight excluding hydrogens is 400 g/mol. The van der Waals surface area contributed by atoms with Crippen LogP contribution in [0.15, 0.2) is 42.7 Å². The average Bonchev–Trinajstić information content (AvgIpc) is 3.09. The van der Waals surface area contributed by atoms with Crippen LogP contribution in [0, 0.1) is 0 Å². The van der Waals surface area contributed by atoms with Gasteiger partial charge in [-0.15, -0.1) is 0 Å². The molecule has 3 rings (SSSR count). The van der Waals surface area contributed by atoms with Gasteiger partial charge in [-0.1, -0.05) is 12.1 Å². The van der Waals surface area contributed by atoms with Crippen LogP contribution in [-0.2, 0) is 23.6 Å². The number of anilines is 1. The van der Waals surface area contributed by atoms with Gasteiger partial charge in [-0.25, -0.2) is 0 Å². The van der Waals surface area contributed by atoms with Gasteiger partial charge >= 0.3 is 12.4 Å². The van der Waals surface area contributed by atoms with Gasteiger partial charge in [-0.05, 0) is 30.2 Å². The summed E-state index contributed by atoms with van der Waals surface area (Å²) in [7, 11) is 0. The summed E-state index contributed by atoms with van der Waals surface area (Å²) >= 11 is 0. The molecule has 1 amide bonds. The summed E-state index contributed by atoms with van der Waals surface area (Å²) in [4.78, 5) is 17.5. The Bertz CT molecular complexity index is 863. The number of rotatable bonds is 4. The Hall–Kier alpha value is -2.78. The molecule has 1 atom stereocenters. The number of amides is 1. The van der Waals surface area contributed by atoms with Gasteiger partial charge in [0.15, 0.2) is 0 Å². The van der Waals surface area contributed by atoms with E-state index in [2.05, 4.69) is 10.3 Å². The lowest BCUT2D eigenvalue weighted by Crippen LogP contribution is -2.38. The maximum Gasteiger partial charge on any atom is 0.417 e. The summed E-state index contributed by atoms with van der Waals surface area (Å²) < 4.78 is 76.2. The molecule has 0 aliphatic carbocycles. The summed E-state index contributed by atoms with van der Waals surface area (Å²) in [6.45, 7) is 0.774. The molecule has 4 nitrogen and oxygen atoms in total. The predicted molar refractivity (Wildman–Crippen MR) is 93.1 cm³/mol. The van der Waals surface area contributed by atoms with Crippen molar-refractivity contribution in [3.63, 3.8) is 0 Å². The third kappa shape index (κ3) is 5.39. The molecule has 1 aliphatic heterocycles. The molecule has 2 heterocycles. The Kier molecular flexibility index (Phi) is 5.72. The fraction of sp³-hybridized carbons (Fsp3) is 0.368. The first kappa shape index (κ1) is 20.9. The number of hydrogen-bond donors (Lipinski definition) is 1. The van der Waals surface area contributed by atoms with Crippen molar-refractivity contribution in [1.29, 1.82) is 0 Å². The van der Waals surface area contributed by atoms with E-state index in [4.69, 9.17) is 0 Å². The molecule has 1 saturated heterocycles. The molecule has 0 saturated carbocycles. The quantitative estimate of drug-likeness (QED) is 0.764. The van der Waals surface area contributed by atoms with Crippen molar-refractivity contribution in [2.45, 2.75) is 31.2 Å². The highest BCUT2D eigenvalue weighted by Gasteiger charge is 2.33. The molecule has 1 N–H and O–H groups in total. The molecular formula is C19H17F6N3O. The zero-order valence-corrected chi connectivity index (χ0v) is 15.0. The maximum atomic E-state index is 12.8. The Morgan fingerprint density at radius 3 is 2.31 bits per heavy atom. The van der Waals surface area contributed by atoms with Crippen molar-refractivity contribution >= 4 is 11.6 Å². The molecule has 1 fully saturated rings. The number of carbonyl (C=O) groups excluding carboxylic acids is 1. The molecule has 0 bridgehead atoms. The Morgan fingerprint density at radius 1 is 1.03 bits per heavy atom. The van der Waals surface area contributed by atoms with E-state index in [1.165, 1.54) is 18.3 Å². The molecule has 0 spiro atoms. The van der Waals surface area contributed by atoms with E-state index in [9.17, 15) is 31.1 Å². The van der Waals surface area contributed by atoms with Gasteiger partial charge in [0, 0.05) is 25.3 Å². The van der Waals surface area contributed by atoms with E-state index in [-0.39, 0.29) is 18.4 Å². The highest BCUT2D eigenvalue weighted by atomic mass is 19.4. The molecule has 1 aromatic carbocycles. The Labute approximate surface area is 162 Å². The topological polar surface area (TPSA) is 45.2 Å². The van der Waals surface area contributed by atoms with Gasteiger partial charge in [-0.2, -0.15) is 26.3 Å². The zero-order valence-electron chi connectivity index (χ0n) is 15.0. The summed E-state index contributed by atoms with van der Waals surface area (Å²) in [5.74, 6) is -0.362. The number of halogens is 6. The second-order valence-corrected chi connectivity index (χ2v) is 6.80. The fourth-order valence-electron chi connectivity index (χ4n) is 3.14. The van der Waals surface area contributed by atoms with Gasteiger partial charge in [0.25, 0.3) is 0 Å². The molecule has 1 aliphatic rings. The lowest BCUT2D eigenvalue weighted by atomic mass is 10.1. The predicted octanol–water partition coefficient (Wildman–Crippen LogP) is 4.06. The second-order valence-electron chi connectivity index (χ2n) is 6.80. The molecule has 29 heavy (non-hydrogen) atoms. The number of hydrogen-bond acceptors (Lipinski definition) is 3. The number of alkyl halides is 6. The van der Waals surface area contributed by atoms with E-state index >= 15 is 0 Å². The minimum absolute atomic E-state index is 0.0836. The third-order valence-corrected chi connectivity index (χ3v) is 4.62. The second kappa shape index (κ2) is 7.92. The van der Waals surface area contributed by atoms with Gasteiger partial charge < -0.3 is 10.2 Å². The first-order valence-electron chi connectivity index (χ1n) is 8.75. The molecule has 2 aromatic rings. The minimum Gasteiger partial charge on any atom is -0.368 e. The summed E-state index contributed by atoms with van der Waals surface area (Å²) in [6, 6.07) is 5.07. The van der Waals surface area contributed by atoms with Crippen LogP contribution in [0.25, 0.3) is 0 Å². The number of benzene rings is 1. The van der Waals surface area contributed by atoms with E-state index in [1.807, 2.05) is 0 Å². The largest absolute Gasteiger partial charge is 0.417 e. The fourth-order valence-corrected chi connectivity index (χ4v) is 3.14. The highest BCUT2D eigenvalue weighted by molar-refractivity contribution is 5.79. The van der Waals surface area contributed by atoms with Gasteiger partial charge in [0.2, 0.25) is 5.91 Å². The number of nitrogens with one attached hydrogen (secondary N) is 1. The first-order valence-corrected chi connectivity index (χ1v) is 8.75. The normalized spacial score (nSPS) is 17.4. The molecule has 0 radical (unpaired) electrons. The van der Waals surface area contributed by atoms with Crippen LogP contribution >= 0.6 is 0 Å². The number of pyridine rings is 1. The number of carbonyl (C=O) groups is 1. The van der Waals surface area contributed by atoms with Crippen molar-refractivity contribution in [3.8, 4) is 0 Å². The summed E-state index contributed by atoms with van der Waals surface area (Å²) in [5.41, 5.74) is -0.876. The zero-order chi connectivity index (χ0) is 21.2. The highest BCUT2D eigenvalue weighted by Crippen LogP contribution is 2.32. The van der Waals surface area contributed by atoms with Crippen molar-refractivity contribution in [3.05, 3.63) is 59.4 Å². The lowest BCUT2D eigenvalue weighted by molar-refractivity contribution is -0.138. The van der Waals surface area contributed by atoms with Crippen LogP contribution in [0.5, 0.6) is 0 Å². The number of nitrogens with zero attached hydrogens (tertiary/aromatic N) is 2. The van der Waals surface area contributed by atoms with Crippen LogP contribution in [0.2, 0.25) is 0 Å². The van der Waals surface area contributed by atoms with Crippen LogP contribution in [0.4, 0.5) is 32.0 Å². The first-order chi connectivity index (χ1) is 13.5. The van der Waals surface area contributed by atoms with Crippen molar-refractivity contribution < 1.29 is 31.1 Å². The summed E-state index contributed by atoms with van der Waals surface area (Å²) in [6.07, 6.45) is -6.39. The minimum atomic E-state index is -4.49. The smallest absolute Gasteiger partial charge is 0.368 e. The van der Waals surface area contributed by atoms with E-state index in [0.29, 0.717) is 30.8 Å². The van der Waals surface area contributed by atoms with Crippen molar-refractivity contribution in [2.24, 2.45) is 0 Å². The Balaban J connectivity index is 1.55. The Morgan fingerprint density at radius 2 is 1.69 bits per heavy atom. The standard InChI is InChI=1S/C19H17F6N3O/c20-18(21,22)13-3-1-12(2-4-13)7-17(29)27-15-5-6-28(11-15)16-8-14(9-26-10-16)19(23,24)25/h1-4,8-10,15H,5-7,11H2,(H,27,29). The van der Waals surface area contributed by atoms with Crippen molar-refractivity contribution in [1.82, 2.24) is 10.3 Å².